The number of aliphatic hydroxyl groups excluding tert-OH is 1. The number of aryl methyl sites for hydroxylation is 1. The van der Waals surface area contributed by atoms with Crippen LogP contribution in [0.2, 0.25) is 0 Å². The van der Waals surface area contributed by atoms with Gasteiger partial charge in [-0.3, -0.25) is 4.55 Å². The summed E-state index contributed by atoms with van der Waals surface area (Å²) in [4.78, 5) is 17.8. The Hall–Kier alpha value is -2.60. The van der Waals surface area contributed by atoms with Gasteiger partial charge in [-0.15, -0.1) is 11.3 Å². The van der Waals surface area contributed by atoms with E-state index < -0.39 is 29.3 Å². The zero-order chi connectivity index (χ0) is 25.7. The molecule has 8 nitrogen and oxygen atoms in total. The maximum absolute atomic E-state index is 15.0. The van der Waals surface area contributed by atoms with Crippen LogP contribution in [0.25, 0.3) is 11.1 Å². The van der Waals surface area contributed by atoms with Crippen LogP contribution in [0.15, 0.2) is 36.7 Å². The van der Waals surface area contributed by atoms with Gasteiger partial charge in [0.1, 0.15) is 11.6 Å². The van der Waals surface area contributed by atoms with Gasteiger partial charge in [0.15, 0.2) is 5.06 Å². The van der Waals surface area contributed by atoms with Crippen LogP contribution in [0.5, 0.6) is 5.06 Å². The maximum atomic E-state index is 15.0. The molecular weight excluding hydrogens is 493 g/mol. The van der Waals surface area contributed by atoms with Gasteiger partial charge < -0.3 is 14.4 Å². The van der Waals surface area contributed by atoms with Crippen LogP contribution in [0.3, 0.4) is 0 Å². The lowest BCUT2D eigenvalue weighted by Crippen LogP contribution is -2.40. The van der Waals surface area contributed by atoms with Crippen LogP contribution in [0.4, 0.5) is 9.18 Å². The zero-order valence-corrected chi connectivity index (χ0v) is 21.7. The molecule has 0 spiro atoms. The van der Waals surface area contributed by atoms with E-state index in [0.29, 0.717) is 39.9 Å². The van der Waals surface area contributed by atoms with E-state index in [-0.39, 0.29) is 11.6 Å². The maximum Gasteiger partial charge on any atom is 0.429 e. The number of aliphatic hydroxyl groups is 1. The Labute approximate surface area is 210 Å². The summed E-state index contributed by atoms with van der Waals surface area (Å²) in [5.74, 6) is 0.704. The molecule has 0 aliphatic carbocycles. The van der Waals surface area contributed by atoms with E-state index in [9.17, 15) is 18.7 Å². The Bertz CT molecular complexity index is 1190. The van der Waals surface area contributed by atoms with Crippen molar-refractivity contribution in [3.63, 3.8) is 0 Å². The first-order chi connectivity index (χ1) is 16.6. The molecule has 3 rings (SSSR count). The zero-order valence-electron chi connectivity index (χ0n) is 20.1. The predicted molar refractivity (Wildman–Crippen MR) is 134 cm³/mol. The average molecular weight is 524 g/mol. The SMILES string of the molecule is CCC(O)CN(C(=O)Oc1sc(CC(C)C)cc1-c1ccc(Cn2ccnc2C)c(F)c1)S(=O)O. The summed E-state index contributed by atoms with van der Waals surface area (Å²) in [5.41, 5.74) is 1.53. The lowest BCUT2D eigenvalue weighted by Gasteiger charge is -2.19. The molecule has 0 radical (unpaired) electrons. The highest BCUT2D eigenvalue weighted by Gasteiger charge is 2.26. The number of carbonyl (C=O) groups is 1. The molecular formula is C24H30FN3O5S2. The van der Waals surface area contributed by atoms with Crippen molar-refractivity contribution in [2.75, 3.05) is 6.54 Å². The number of nitrogens with zero attached hydrogens (tertiary/aromatic N) is 3. The van der Waals surface area contributed by atoms with Gasteiger partial charge in [-0.25, -0.2) is 22.7 Å². The summed E-state index contributed by atoms with van der Waals surface area (Å²) in [6, 6.07) is 6.68. The summed E-state index contributed by atoms with van der Waals surface area (Å²) in [6.45, 7) is 7.63. The molecule has 3 aromatic rings. The summed E-state index contributed by atoms with van der Waals surface area (Å²) in [7, 11) is 0. The number of aromatic nitrogens is 2. The van der Waals surface area contributed by atoms with Crippen molar-refractivity contribution in [1.29, 1.82) is 0 Å². The highest BCUT2D eigenvalue weighted by molar-refractivity contribution is 7.77. The van der Waals surface area contributed by atoms with Crippen molar-refractivity contribution >= 4 is 28.7 Å². The molecule has 0 bridgehead atoms. The molecule has 11 heteroatoms. The van der Waals surface area contributed by atoms with Crippen molar-refractivity contribution in [1.82, 2.24) is 13.9 Å². The molecule has 1 aromatic carbocycles. The van der Waals surface area contributed by atoms with Crippen LogP contribution in [0.1, 0.15) is 43.5 Å². The van der Waals surface area contributed by atoms with Gasteiger partial charge >= 0.3 is 6.09 Å². The largest absolute Gasteiger partial charge is 0.429 e. The van der Waals surface area contributed by atoms with Gasteiger partial charge in [0.05, 0.1) is 19.2 Å². The van der Waals surface area contributed by atoms with Crippen LogP contribution in [0, 0.1) is 18.7 Å². The molecule has 35 heavy (non-hydrogen) atoms. The fourth-order valence-corrected chi connectivity index (χ4v) is 5.15. The molecule has 190 valence electrons. The Morgan fingerprint density at radius 1 is 1.34 bits per heavy atom. The van der Waals surface area contributed by atoms with Gasteiger partial charge in [-0.2, -0.15) is 0 Å². The first-order valence-electron chi connectivity index (χ1n) is 11.3. The number of halogens is 1. The second-order valence-corrected chi connectivity index (χ2v) is 10.6. The third-order valence-electron chi connectivity index (χ3n) is 5.41. The van der Waals surface area contributed by atoms with Gasteiger partial charge in [0.25, 0.3) is 11.3 Å². The van der Waals surface area contributed by atoms with Crippen molar-refractivity contribution in [3.8, 4) is 16.2 Å². The normalized spacial score (nSPS) is 13.1. The molecule has 2 heterocycles. The molecule has 0 aliphatic heterocycles. The predicted octanol–water partition coefficient (Wildman–Crippen LogP) is 5.01. The molecule has 2 N–H and O–H groups in total. The second-order valence-electron chi connectivity index (χ2n) is 8.64. The van der Waals surface area contributed by atoms with Crippen molar-refractivity contribution in [3.05, 3.63) is 58.7 Å². The quantitative estimate of drug-likeness (QED) is 0.362. The minimum Gasteiger partial charge on any atom is -0.398 e. The fraction of sp³-hybridized carbons (Fsp3) is 0.417. The first-order valence-corrected chi connectivity index (χ1v) is 13.1. The lowest BCUT2D eigenvalue weighted by atomic mass is 10.0. The number of thiophene rings is 1. The van der Waals surface area contributed by atoms with E-state index in [0.717, 1.165) is 17.1 Å². The summed E-state index contributed by atoms with van der Waals surface area (Å²) in [5, 5.41) is 10.1. The molecule has 2 aromatic heterocycles. The van der Waals surface area contributed by atoms with Crippen LogP contribution in [-0.4, -0.2) is 46.5 Å². The molecule has 0 fully saturated rings. The molecule has 2 atom stereocenters. The number of carbonyl (C=O) groups excluding carboxylic acids is 1. The third-order valence-corrected chi connectivity index (χ3v) is 7.12. The summed E-state index contributed by atoms with van der Waals surface area (Å²) in [6.07, 6.45) is 2.42. The number of imidazole rings is 1. The van der Waals surface area contributed by atoms with Crippen molar-refractivity contribution < 1.29 is 27.8 Å². The van der Waals surface area contributed by atoms with Crippen molar-refractivity contribution in [2.45, 2.75) is 53.2 Å². The number of amides is 1. The van der Waals surface area contributed by atoms with E-state index in [2.05, 4.69) is 18.8 Å². The minimum absolute atomic E-state index is 0.199. The number of benzene rings is 1. The van der Waals surface area contributed by atoms with Crippen LogP contribution < -0.4 is 4.74 Å². The van der Waals surface area contributed by atoms with E-state index in [1.54, 1.807) is 31.5 Å². The topological polar surface area (TPSA) is 105 Å². The highest BCUT2D eigenvalue weighted by atomic mass is 32.2. The standard InChI is InChI=1S/C24H30FN3O5S2/c1-5-19(29)14-28(35(31)32)24(30)33-23-21(12-20(34-23)10-15(2)3)17-6-7-18(22(25)11-17)13-27-9-8-26-16(27)4/h6-9,11-12,15,19,29H,5,10,13-14H2,1-4H3,(H,31,32). The van der Waals surface area contributed by atoms with Gasteiger partial charge in [0.2, 0.25) is 0 Å². The Morgan fingerprint density at radius 3 is 2.66 bits per heavy atom. The monoisotopic (exact) mass is 523 g/mol. The van der Waals surface area contributed by atoms with Gasteiger partial charge in [-0.1, -0.05) is 32.9 Å². The summed E-state index contributed by atoms with van der Waals surface area (Å²) >= 11 is -1.44. The molecule has 0 saturated carbocycles. The van der Waals surface area contributed by atoms with Gasteiger partial charge in [0, 0.05) is 28.4 Å². The number of rotatable bonds is 10. The van der Waals surface area contributed by atoms with Crippen molar-refractivity contribution in [2.24, 2.45) is 5.92 Å². The van der Waals surface area contributed by atoms with Crippen LogP contribution in [-0.2, 0) is 24.2 Å². The van der Waals surface area contributed by atoms with E-state index >= 15 is 4.39 Å². The molecule has 2 unspecified atom stereocenters. The minimum atomic E-state index is -2.67. The van der Waals surface area contributed by atoms with E-state index in [1.807, 2.05) is 17.6 Å². The smallest absolute Gasteiger partial charge is 0.398 e. The van der Waals surface area contributed by atoms with Crippen LogP contribution >= 0.6 is 11.3 Å². The third kappa shape index (κ3) is 6.97. The fourth-order valence-electron chi connectivity index (χ4n) is 3.45. The Kier molecular flexibility index (Phi) is 9.17. The number of hydrogen-bond acceptors (Lipinski definition) is 6. The molecule has 1 amide bonds. The average Bonchev–Trinajstić information content (AvgIpc) is 3.37. The second kappa shape index (κ2) is 11.9. The first kappa shape index (κ1) is 27.0. The number of hydrogen-bond donors (Lipinski definition) is 2. The van der Waals surface area contributed by atoms with E-state index in [1.165, 1.54) is 17.4 Å². The Balaban J connectivity index is 1.92. The summed E-state index contributed by atoms with van der Waals surface area (Å²) < 4.78 is 44.2. The number of ether oxygens (including phenoxy) is 1. The van der Waals surface area contributed by atoms with Gasteiger partial charge in [-0.05, 0) is 43.4 Å². The molecule has 0 saturated heterocycles. The Morgan fingerprint density at radius 2 is 2.09 bits per heavy atom. The lowest BCUT2D eigenvalue weighted by molar-refractivity contribution is 0.128. The molecule has 0 aliphatic rings. The highest BCUT2D eigenvalue weighted by Crippen LogP contribution is 2.40. The van der Waals surface area contributed by atoms with E-state index in [4.69, 9.17) is 4.74 Å².